The lowest BCUT2D eigenvalue weighted by Crippen LogP contribution is -2.56. The van der Waals surface area contributed by atoms with E-state index in [4.69, 9.17) is 38.3 Å². The summed E-state index contributed by atoms with van der Waals surface area (Å²) in [6.07, 6.45) is 13.2. The van der Waals surface area contributed by atoms with E-state index in [9.17, 15) is 9.90 Å². The Morgan fingerprint density at radius 3 is 2.08 bits per heavy atom. The summed E-state index contributed by atoms with van der Waals surface area (Å²) in [7, 11) is 1.00. The topological polar surface area (TPSA) is 130 Å². The maximum absolute atomic E-state index is 12.5. The number of carbonyl (C=O) groups is 2. The van der Waals surface area contributed by atoms with Crippen molar-refractivity contribution in [1.29, 1.82) is 0 Å². The van der Waals surface area contributed by atoms with Crippen molar-refractivity contribution in [2.75, 3.05) is 33.5 Å². The molecule has 0 aromatic rings. The number of ether oxygens (including phenoxy) is 6. The maximum atomic E-state index is 12.5. The molecule has 0 aliphatic carbocycles. The molecule has 0 radical (unpaired) electrons. The van der Waals surface area contributed by atoms with Crippen LogP contribution in [0.25, 0.3) is 0 Å². The van der Waals surface area contributed by atoms with Gasteiger partial charge < -0.3 is 43.4 Å². The molecule has 10 nitrogen and oxygen atoms in total. The fourth-order valence-corrected chi connectivity index (χ4v) is 7.35. The minimum absolute atomic E-state index is 0.0398. The highest BCUT2D eigenvalue weighted by Crippen LogP contribution is 2.38. The van der Waals surface area contributed by atoms with Crippen molar-refractivity contribution < 1.29 is 48.2 Å². The SMILES string of the molecule is C=C1CC[C@H](CC)OC1.C=C1COC(CCC2CCC(C3CC(O)[C@H]4OC(CC(=O)C[C@@H]5CCOC5)CCC4O3)O2)C1.CC.CC=O.CO. The van der Waals surface area contributed by atoms with Crippen LogP contribution in [0.2, 0.25) is 0 Å². The Morgan fingerprint density at radius 2 is 1.47 bits per heavy atom. The van der Waals surface area contributed by atoms with E-state index in [1.54, 1.807) is 0 Å². The Hall–Kier alpha value is -1.50. The van der Waals surface area contributed by atoms with Crippen LogP contribution in [0.4, 0.5) is 0 Å². The van der Waals surface area contributed by atoms with E-state index in [1.807, 2.05) is 13.8 Å². The lowest BCUT2D eigenvalue weighted by atomic mass is 9.88. The molecule has 0 spiro atoms. The molecule has 0 saturated carbocycles. The molecule has 0 aromatic heterocycles. The number of hydrogen-bond acceptors (Lipinski definition) is 10. The van der Waals surface area contributed by atoms with Gasteiger partial charge in [0.2, 0.25) is 0 Å². The summed E-state index contributed by atoms with van der Waals surface area (Å²) in [4.78, 5) is 21.3. The second-order valence-corrected chi connectivity index (χ2v) is 13.7. The minimum atomic E-state index is -0.574. The molecule has 6 aliphatic heterocycles. The summed E-state index contributed by atoms with van der Waals surface area (Å²) >= 11 is 0. The van der Waals surface area contributed by atoms with E-state index in [0.29, 0.717) is 50.6 Å². The van der Waals surface area contributed by atoms with Gasteiger partial charge in [0, 0.05) is 39.6 Å². The summed E-state index contributed by atoms with van der Waals surface area (Å²) < 4.78 is 35.5. The van der Waals surface area contributed by atoms with E-state index in [0.717, 1.165) is 84.4 Å². The predicted molar refractivity (Wildman–Crippen MR) is 191 cm³/mol. The molecule has 6 heterocycles. The zero-order chi connectivity index (χ0) is 36.2. The highest BCUT2D eigenvalue weighted by Gasteiger charge is 2.46. The van der Waals surface area contributed by atoms with E-state index in [-0.39, 0.29) is 42.4 Å². The number of Topliss-reactive ketones (excluding diaryl/α,β-unsaturated/α-hetero) is 1. The molecule has 0 aromatic carbocycles. The van der Waals surface area contributed by atoms with Crippen molar-refractivity contribution in [3.63, 3.8) is 0 Å². The highest BCUT2D eigenvalue weighted by molar-refractivity contribution is 5.79. The van der Waals surface area contributed by atoms with E-state index in [1.165, 1.54) is 30.9 Å². The quantitative estimate of drug-likeness (QED) is 0.216. The van der Waals surface area contributed by atoms with Crippen LogP contribution in [0.15, 0.2) is 24.3 Å². The van der Waals surface area contributed by atoms with Crippen molar-refractivity contribution >= 4 is 12.1 Å². The van der Waals surface area contributed by atoms with Gasteiger partial charge in [0.15, 0.2) is 0 Å². The van der Waals surface area contributed by atoms with Crippen molar-refractivity contribution in [3.05, 3.63) is 24.3 Å². The average molecular weight is 697 g/mol. The molecule has 6 aliphatic rings. The third-order valence-electron chi connectivity index (χ3n) is 9.89. The van der Waals surface area contributed by atoms with E-state index >= 15 is 0 Å². The van der Waals surface area contributed by atoms with Gasteiger partial charge in [-0.15, -0.1) is 0 Å². The van der Waals surface area contributed by atoms with Gasteiger partial charge >= 0.3 is 0 Å². The van der Waals surface area contributed by atoms with Crippen molar-refractivity contribution in [2.45, 2.75) is 173 Å². The van der Waals surface area contributed by atoms with Gasteiger partial charge in [-0.1, -0.05) is 39.5 Å². The Morgan fingerprint density at radius 1 is 0.816 bits per heavy atom. The van der Waals surface area contributed by atoms with Crippen LogP contribution >= 0.6 is 0 Å². The van der Waals surface area contributed by atoms with Crippen LogP contribution in [0, 0.1) is 5.92 Å². The van der Waals surface area contributed by atoms with Gasteiger partial charge in [0.1, 0.15) is 18.2 Å². The molecule has 0 amide bonds. The van der Waals surface area contributed by atoms with Crippen molar-refractivity contribution in [1.82, 2.24) is 0 Å². The number of aliphatic hydroxyl groups is 2. The Bertz CT molecular complexity index is 940. The minimum Gasteiger partial charge on any atom is -0.400 e. The standard InChI is InChI=1S/C26H40O7.C8H14O.C2H4O.C2H6.CH4O/c1-16-10-20(30-14-16)3-2-19-4-6-23(31-19)25-13-22(28)26-24(33-25)7-5-21(32-26)12-18(27)11-17-8-9-29-15-17;1-3-8-5-4-7(2)6-9-8;1-2-3;2*1-2/h17,19-26,28H,1-15H2;8H,2-6H2,1H3;2H,1H3;1-2H3;2H,1H3/t17-,19?,20?,21?,22?,23?,24?,25?,26+;8-;;;/m00.../s1. The summed E-state index contributed by atoms with van der Waals surface area (Å²) in [6.45, 7) is 18.4. The molecule has 284 valence electrons. The molecule has 0 bridgehead atoms. The van der Waals surface area contributed by atoms with Gasteiger partial charge in [-0.3, -0.25) is 4.79 Å². The fraction of sp³-hybridized carbons (Fsp3) is 0.846. The first-order valence-corrected chi connectivity index (χ1v) is 18.9. The van der Waals surface area contributed by atoms with Crippen LogP contribution < -0.4 is 0 Å². The number of carbonyl (C=O) groups excluding carboxylic acids is 2. The van der Waals surface area contributed by atoms with E-state index < -0.39 is 6.10 Å². The van der Waals surface area contributed by atoms with Crippen molar-refractivity contribution in [2.24, 2.45) is 5.92 Å². The summed E-state index contributed by atoms with van der Waals surface area (Å²) in [5.41, 5.74) is 2.44. The first kappa shape index (κ1) is 43.7. The number of fused-ring (bicyclic) bond motifs is 1. The third kappa shape index (κ3) is 15.3. The van der Waals surface area contributed by atoms with Crippen LogP contribution in [-0.2, 0) is 38.0 Å². The molecular weight excluding hydrogens is 628 g/mol. The van der Waals surface area contributed by atoms with Gasteiger partial charge in [-0.25, -0.2) is 0 Å². The monoisotopic (exact) mass is 696 g/mol. The lowest BCUT2D eigenvalue weighted by Gasteiger charge is -2.45. The number of ketones is 1. The van der Waals surface area contributed by atoms with Crippen LogP contribution in [-0.4, -0.2) is 111 Å². The first-order valence-electron chi connectivity index (χ1n) is 18.9. The van der Waals surface area contributed by atoms with Gasteiger partial charge in [-0.2, -0.15) is 0 Å². The molecule has 7 unspecified atom stereocenters. The lowest BCUT2D eigenvalue weighted by molar-refractivity contribution is -0.243. The Balaban J connectivity index is 0.000000437. The van der Waals surface area contributed by atoms with Gasteiger partial charge in [-0.05, 0) is 89.0 Å². The fourth-order valence-electron chi connectivity index (χ4n) is 7.35. The Labute approximate surface area is 296 Å². The molecular formula is C39H68O10. The number of hydrogen-bond donors (Lipinski definition) is 2. The maximum Gasteiger partial charge on any atom is 0.135 e. The molecule has 10 atom stereocenters. The third-order valence-corrected chi connectivity index (χ3v) is 9.89. The first-order chi connectivity index (χ1) is 23.8. The molecule has 49 heavy (non-hydrogen) atoms. The largest absolute Gasteiger partial charge is 0.400 e. The zero-order valence-electron chi connectivity index (χ0n) is 31.2. The molecule has 6 rings (SSSR count). The van der Waals surface area contributed by atoms with Gasteiger partial charge in [0.25, 0.3) is 0 Å². The summed E-state index contributed by atoms with van der Waals surface area (Å²) in [5, 5.41) is 17.9. The molecule has 10 heteroatoms. The highest BCUT2D eigenvalue weighted by atomic mass is 16.6. The smallest absolute Gasteiger partial charge is 0.135 e. The van der Waals surface area contributed by atoms with Crippen LogP contribution in [0.1, 0.15) is 118 Å². The number of rotatable bonds is 9. The normalized spacial score (nSPS) is 35.2. The number of aliphatic hydroxyl groups excluding tert-OH is 2. The molecule has 6 fully saturated rings. The zero-order valence-corrected chi connectivity index (χ0v) is 31.2. The van der Waals surface area contributed by atoms with Crippen LogP contribution in [0.5, 0.6) is 0 Å². The second-order valence-electron chi connectivity index (χ2n) is 13.7. The summed E-state index contributed by atoms with van der Waals surface area (Å²) in [5.74, 6) is 0.606. The van der Waals surface area contributed by atoms with Gasteiger partial charge in [0.05, 0.1) is 62.0 Å². The number of aldehydes is 1. The second kappa shape index (κ2) is 24.6. The summed E-state index contributed by atoms with van der Waals surface area (Å²) in [6, 6.07) is 0. The van der Waals surface area contributed by atoms with Crippen LogP contribution in [0.3, 0.4) is 0 Å². The molecule has 2 N–H and O–H groups in total. The Kier molecular flexibility index (Phi) is 22.0. The van der Waals surface area contributed by atoms with E-state index in [2.05, 4.69) is 20.1 Å². The van der Waals surface area contributed by atoms with Crippen molar-refractivity contribution in [3.8, 4) is 0 Å². The predicted octanol–water partition coefficient (Wildman–Crippen LogP) is 6.08. The molecule has 6 saturated heterocycles. The average Bonchev–Trinajstić information content (AvgIpc) is 3.90.